The van der Waals surface area contributed by atoms with Gasteiger partial charge in [0.05, 0.1) is 24.2 Å². The van der Waals surface area contributed by atoms with E-state index in [-0.39, 0.29) is 54.9 Å². The number of benzene rings is 1. The molecule has 1 aromatic rings. The fourth-order valence-electron chi connectivity index (χ4n) is 2.95. The fraction of sp³-hybridized carbons (Fsp3) is 0.500. The van der Waals surface area contributed by atoms with Gasteiger partial charge in [0.25, 0.3) is 0 Å². The zero-order valence-corrected chi connectivity index (χ0v) is 16.4. The third-order valence-electron chi connectivity index (χ3n) is 4.34. The van der Waals surface area contributed by atoms with Crippen LogP contribution < -0.4 is 16.0 Å². The number of carbonyl (C=O) groups is 2. The van der Waals surface area contributed by atoms with Gasteiger partial charge < -0.3 is 20.7 Å². The number of hydrogen-bond donors (Lipinski definition) is 3. The standard InChI is InChI=1S/C16H22N4O5S.ClH/c1-11-15(18-6-8-25-11)16(22)19-12-3-2-4-13(9-12)26(23,24)20-7-5-17-14(21)10-20;/h2-4,9,11,15,18H,5-8,10H2,1H3,(H,17,21)(H,19,22);1H/t11-,15+;/m1./s1. The van der Waals surface area contributed by atoms with Gasteiger partial charge in [0.1, 0.15) is 6.04 Å². The summed E-state index contributed by atoms with van der Waals surface area (Å²) in [6.07, 6.45) is -0.275. The summed E-state index contributed by atoms with van der Waals surface area (Å²) >= 11 is 0. The Labute approximate surface area is 164 Å². The minimum Gasteiger partial charge on any atom is -0.375 e. The number of halogens is 1. The summed E-state index contributed by atoms with van der Waals surface area (Å²) in [6, 6.07) is 5.51. The quantitative estimate of drug-likeness (QED) is 0.609. The van der Waals surface area contributed by atoms with Gasteiger partial charge >= 0.3 is 0 Å². The highest BCUT2D eigenvalue weighted by Gasteiger charge is 2.30. The molecule has 3 rings (SSSR count). The molecular formula is C16H23ClN4O5S. The maximum absolute atomic E-state index is 12.7. The Kier molecular flexibility index (Phi) is 7.18. The lowest BCUT2D eigenvalue weighted by Gasteiger charge is -2.29. The number of anilines is 1. The van der Waals surface area contributed by atoms with E-state index >= 15 is 0 Å². The van der Waals surface area contributed by atoms with E-state index in [1.165, 1.54) is 12.1 Å². The van der Waals surface area contributed by atoms with Gasteiger partial charge in [-0.15, -0.1) is 12.4 Å². The molecule has 1 aromatic carbocycles. The molecule has 150 valence electrons. The third-order valence-corrected chi connectivity index (χ3v) is 6.18. The Morgan fingerprint density at radius 2 is 2.11 bits per heavy atom. The van der Waals surface area contributed by atoms with Crippen molar-refractivity contribution < 1.29 is 22.7 Å². The van der Waals surface area contributed by atoms with Gasteiger partial charge in [0.15, 0.2) is 0 Å². The Morgan fingerprint density at radius 1 is 1.33 bits per heavy atom. The zero-order valence-electron chi connectivity index (χ0n) is 14.8. The summed E-state index contributed by atoms with van der Waals surface area (Å²) in [5, 5.41) is 8.40. The maximum atomic E-state index is 12.7. The molecule has 0 bridgehead atoms. The Bertz CT molecular complexity index is 804. The Balaban J connectivity index is 0.00000261. The molecule has 27 heavy (non-hydrogen) atoms. The summed E-state index contributed by atoms with van der Waals surface area (Å²) in [5.74, 6) is -0.620. The summed E-state index contributed by atoms with van der Waals surface area (Å²) in [6.45, 7) is 3.21. The molecule has 0 aromatic heterocycles. The van der Waals surface area contributed by atoms with Crippen molar-refractivity contribution in [1.29, 1.82) is 0 Å². The SMILES string of the molecule is C[C@H]1OCCN[C@@H]1C(=O)Nc1cccc(S(=O)(=O)N2CCNC(=O)C2)c1.Cl. The summed E-state index contributed by atoms with van der Waals surface area (Å²) in [4.78, 5) is 23.9. The highest BCUT2D eigenvalue weighted by molar-refractivity contribution is 7.89. The number of nitrogens with one attached hydrogen (secondary N) is 3. The number of amides is 2. The number of piperazine rings is 1. The van der Waals surface area contributed by atoms with Gasteiger partial charge in [-0.1, -0.05) is 6.07 Å². The van der Waals surface area contributed by atoms with Crippen LogP contribution in [-0.2, 0) is 24.3 Å². The average molecular weight is 419 g/mol. The van der Waals surface area contributed by atoms with Crippen LogP contribution in [0.5, 0.6) is 0 Å². The molecule has 2 amide bonds. The number of morpholine rings is 1. The van der Waals surface area contributed by atoms with Crippen LogP contribution in [0.2, 0.25) is 0 Å². The highest BCUT2D eigenvalue weighted by Crippen LogP contribution is 2.20. The van der Waals surface area contributed by atoms with E-state index in [1.54, 1.807) is 19.1 Å². The lowest BCUT2D eigenvalue weighted by atomic mass is 10.1. The molecular weight excluding hydrogens is 396 g/mol. The second-order valence-corrected chi connectivity index (χ2v) is 8.15. The number of nitrogens with zero attached hydrogens (tertiary/aromatic N) is 1. The smallest absolute Gasteiger partial charge is 0.244 e. The summed E-state index contributed by atoms with van der Waals surface area (Å²) in [7, 11) is -3.81. The van der Waals surface area contributed by atoms with Crippen molar-refractivity contribution in [1.82, 2.24) is 14.9 Å². The van der Waals surface area contributed by atoms with E-state index in [2.05, 4.69) is 16.0 Å². The van der Waals surface area contributed by atoms with Crippen molar-refractivity contribution in [2.75, 3.05) is 38.1 Å². The minimum absolute atomic E-state index is 0. The van der Waals surface area contributed by atoms with E-state index in [9.17, 15) is 18.0 Å². The van der Waals surface area contributed by atoms with Crippen molar-refractivity contribution >= 4 is 39.9 Å². The lowest BCUT2D eigenvalue weighted by Crippen LogP contribution is -2.53. The molecule has 9 nitrogen and oxygen atoms in total. The number of ether oxygens (including phenoxy) is 1. The first-order chi connectivity index (χ1) is 12.4. The van der Waals surface area contributed by atoms with Crippen LogP contribution in [0.3, 0.4) is 0 Å². The van der Waals surface area contributed by atoms with Crippen LogP contribution in [0.4, 0.5) is 5.69 Å². The average Bonchev–Trinajstić information content (AvgIpc) is 2.62. The first kappa shape index (κ1) is 21.6. The van der Waals surface area contributed by atoms with Crippen LogP contribution in [0.15, 0.2) is 29.2 Å². The largest absolute Gasteiger partial charge is 0.375 e. The third kappa shape index (κ3) is 4.96. The predicted molar refractivity (Wildman–Crippen MR) is 101 cm³/mol. The van der Waals surface area contributed by atoms with E-state index in [0.717, 1.165) is 4.31 Å². The molecule has 2 aliphatic rings. The topological polar surface area (TPSA) is 117 Å². The maximum Gasteiger partial charge on any atom is 0.244 e. The Morgan fingerprint density at radius 3 is 2.81 bits per heavy atom. The predicted octanol–water partition coefficient (Wildman–Crippen LogP) is -0.456. The van der Waals surface area contributed by atoms with Crippen LogP contribution >= 0.6 is 12.4 Å². The van der Waals surface area contributed by atoms with E-state index in [1.807, 2.05) is 0 Å². The molecule has 2 saturated heterocycles. The second kappa shape index (κ2) is 8.98. The van der Waals surface area contributed by atoms with E-state index < -0.39 is 16.1 Å². The molecule has 2 heterocycles. The molecule has 0 unspecified atom stereocenters. The van der Waals surface area contributed by atoms with Gasteiger partial charge in [-0.2, -0.15) is 4.31 Å². The molecule has 2 atom stereocenters. The van der Waals surface area contributed by atoms with Gasteiger partial charge in [-0.25, -0.2) is 8.42 Å². The summed E-state index contributed by atoms with van der Waals surface area (Å²) < 4.78 is 32.0. The normalized spacial score (nSPS) is 23.8. The molecule has 0 spiro atoms. The molecule has 3 N–H and O–H groups in total. The van der Waals surface area contributed by atoms with Gasteiger partial charge in [-0.05, 0) is 25.1 Å². The molecule has 0 saturated carbocycles. The number of carbonyl (C=O) groups excluding carboxylic acids is 2. The van der Waals surface area contributed by atoms with Crippen molar-refractivity contribution in [3.05, 3.63) is 24.3 Å². The number of sulfonamides is 1. The van der Waals surface area contributed by atoms with Crippen molar-refractivity contribution in [3.63, 3.8) is 0 Å². The lowest BCUT2D eigenvalue weighted by molar-refractivity contribution is -0.124. The van der Waals surface area contributed by atoms with Crippen LogP contribution in [-0.4, -0.2) is 69.5 Å². The second-order valence-electron chi connectivity index (χ2n) is 6.21. The van der Waals surface area contributed by atoms with Crippen molar-refractivity contribution in [2.24, 2.45) is 0 Å². The molecule has 2 aliphatic heterocycles. The first-order valence-corrected chi connectivity index (χ1v) is 9.85. The van der Waals surface area contributed by atoms with Crippen LogP contribution in [0.25, 0.3) is 0 Å². The van der Waals surface area contributed by atoms with Gasteiger partial charge in [0, 0.05) is 25.3 Å². The van der Waals surface area contributed by atoms with E-state index in [0.29, 0.717) is 18.8 Å². The minimum atomic E-state index is -3.81. The van der Waals surface area contributed by atoms with Crippen LogP contribution in [0, 0.1) is 0 Å². The highest BCUT2D eigenvalue weighted by atomic mass is 35.5. The van der Waals surface area contributed by atoms with Crippen molar-refractivity contribution in [2.45, 2.75) is 24.0 Å². The molecule has 11 heteroatoms. The zero-order chi connectivity index (χ0) is 18.7. The monoisotopic (exact) mass is 418 g/mol. The fourth-order valence-corrected chi connectivity index (χ4v) is 4.39. The Hall–Kier alpha value is -1.72. The molecule has 0 radical (unpaired) electrons. The number of rotatable bonds is 4. The molecule has 0 aliphatic carbocycles. The van der Waals surface area contributed by atoms with Gasteiger partial charge in [0.2, 0.25) is 21.8 Å². The van der Waals surface area contributed by atoms with Crippen LogP contribution in [0.1, 0.15) is 6.92 Å². The summed E-state index contributed by atoms with van der Waals surface area (Å²) in [5.41, 5.74) is 0.372. The number of hydrogen-bond acceptors (Lipinski definition) is 6. The van der Waals surface area contributed by atoms with Crippen molar-refractivity contribution in [3.8, 4) is 0 Å². The van der Waals surface area contributed by atoms with E-state index in [4.69, 9.17) is 4.74 Å². The van der Waals surface area contributed by atoms with Gasteiger partial charge in [-0.3, -0.25) is 9.59 Å². The first-order valence-electron chi connectivity index (χ1n) is 8.41. The molecule has 2 fully saturated rings.